The number of carboxylic acid groups (broad SMARTS) is 1. The van der Waals surface area contributed by atoms with Gasteiger partial charge in [0.1, 0.15) is 10.6 Å². The number of carboxylic acids is 1. The van der Waals surface area contributed by atoms with Crippen LogP contribution in [0.3, 0.4) is 0 Å². The summed E-state index contributed by atoms with van der Waals surface area (Å²) in [6.45, 7) is 6.71. The largest absolute Gasteiger partial charge is 0.478 e. The molecule has 0 bridgehead atoms. The third-order valence-corrected chi connectivity index (χ3v) is 5.84. The van der Waals surface area contributed by atoms with Crippen LogP contribution in [0.2, 0.25) is 0 Å². The molecule has 7 nitrogen and oxygen atoms in total. The van der Waals surface area contributed by atoms with Crippen LogP contribution in [0.1, 0.15) is 36.2 Å². The van der Waals surface area contributed by atoms with E-state index in [0.29, 0.717) is 23.9 Å². The number of nitrogens with zero attached hydrogens (tertiary/aromatic N) is 1. The van der Waals surface area contributed by atoms with Crippen molar-refractivity contribution in [2.75, 3.05) is 11.4 Å². The summed E-state index contributed by atoms with van der Waals surface area (Å²) in [5.41, 5.74) is 1.30. The molecule has 2 atom stereocenters. The molecule has 1 aliphatic heterocycles. The summed E-state index contributed by atoms with van der Waals surface area (Å²) in [7, 11) is -4.22. The van der Waals surface area contributed by atoms with Gasteiger partial charge in [0.15, 0.2) is 5.75 Å². The van der Waals surface area contributed by atoms with Crippen LogP contribution in [0.5, 0.6) is 11.5 Å². The Morgan fingerprint density at radius 2 is 1.86 bits per heavy atom. The maximum absolute atomic E-state index is 12.3. The maximum atomic E-state index is 12.3. The number of hydrogen-bond acceptors (Lipinski definition) is 5. The average Bonchev–Trinajstić information content (AvgIpc) is 2.94. The molecule has 3 N–H and O–H groups in total. The highest BCUT2D eigenvalue weighted by Gasteiger charge is 2.32. The van der Waals surface area contributed by atoms with Gasteiger partial charge in [-0.05, 0) is 50.5 Å². The van der Waals surface area contributed by atoms with Crippen molar-refractivity contribution in [3.05, 3.63) is 47.5 Å². The topological polar surface area (TPSA) is 110 Å². The van der Waals surface area contributed by atoms with Crippen molar-refractivity contribution in [2.45, 2.75) is 38.1 Å². The Kier molecular flexibility index (Phi) is 5.36. The van der Waals surface area contributed by atoms with Crippen LogP contribution in [-0.4, -0.2) is 32.1 Å². The molecule has 150 valence electrons. The number of ether oxygens (including phenoxy) is 1. The predicted molar refractivity (Wildman–Crippen MR) is 107 cm³/mol. The summed E-state index contributed by atoms with van der Waals surface area (Å²) in [4.78, 5) is 13.2. The molecule has 0 spiro atoms. The molecule has 1 heterocycles. The number of rotatable bonds is 5. The van der Waals surface area contributed by atoms with Crippen LogP contribution in [0.4, 0.5) is 5.69 Å². The zero-order valence-electron chi connectivity index (χ0n) is 16.0. The molecule has 2 unspecified atom stereocenters. The zero-order chi connectivity index (χ0) is 20.6. The molecule has 2 aromatic carbocycles. The van der Waals surface area contributed by atoms with E-state index in [4.69, 9.17) is 9.88 Å². The number of aryl methyl sites for hydroxylation is 1. The lowest BCUT2D eigenvalue weighted by Gasteiger charge is -2.27. The third-order valence-electron chi connectivity index (χ3n) is 4.92. The first-order valence-corrected chi connectivity index (χ1v) is 10.6. The van der Waals surface area contributed by atoms with E-state index in [1.54, 1.807) is 12.1 Å². The molecule has 1 saturated heterocycles. The minimum Gasteiger partial charge on any atom is -0.478 e. The van der Waals surface area contributed by atoms with Crippen molar-refractivity contribution in [3.8, 4) is 11.5 Å². The monoisotopic (exact) mass is 404 g/mol. The van der Waals surface area contributed by atoms with Crippen LogP contribution in [0, 0.1) is 12.8 Å². The first-order valence-electron chi connectivity index (χ1n) is 9.01. The van der Waals surface area contributed by atoms with E-state index < -0.39 is 16.0 Å². The van der Waals surface area contributed by atoms with Gasteiger partial charge in [-0.25, -0.2) is 18.4 Å². The molecule has 0 radical (unpaired) electrons. The summed E-state index contributed by atoms with van der Waals surface area (Å²) in [5, 5.41) is 14.9. The molecule has 1 aliphatic rings. The second-order valence-corrected chi connectivity index (χ2v) is 8.96. The Morgan fingerprint density at radius 1 is 1.21 bits per heavy atom. The summed E-state index contributed by atoms with van der Waals surface area (Å²) >= 11 is 0. The highest BCUT2D eigenvalue weighted by molar-refractivity contribution is 7.89. The Morgan fingerprint density at radius 3 is 2.36 bits per heavy atom. The van der Waals surface area contributed by atoms with Gasteiger partial charge in [0.05, 0.1) is 11.3 Å². The lowest BCUT2D eigenvalue weighted by Crippen LogP contribution is -2.28. The molecule has 1 fully saturated rings. The fraction of sp³-hybridized carbons (Fsp3) is 0.350. The number of nitrogens with two attached hydrogens (primary N) is 1. The summed E-state index contributed by atoms with van der Waals surface area (Å²) in [5.74, 6) is -0.349. The fourth-order valence-electron chi connectivity index (χ4n) is 3.60. The first-order chi connectivity index (χ1) is 13.1. The molecule has 0 aromatic heterocycles. The molecular weight excluding hydrogens is 380 g/mol. The molecule has 8 heteroatoms. The number of primary sulfonamides is 1. The van der Waals surface area contributed by atoms with Crippen molar-refractivity contribution in [2.24, 2.45) is 11.1 Å². The van der Waals surface area contributed by atoms with Crippen LogP contribution >= 0.6 is 0 Å². The molecule has 2 aromatic rings. The second kappa shape index (κ2) is 7.44. The lowest BCUT2D eigenvalue weighted by atomic mass is 10.1. The molecule has 28 heavy (non-hydrogen) atoms. The number of aromatic carboxylic acids is 1. The normalized spacial score (nSPS) is 19.6. The van der Waals surface area contributed by atoms with Crippen molar-refractivity contribution in [1.29, 1.82) is 0 Å². The minimum absolute atomic E-state index is 0.0531. The van der Waals surface area contributed by atoms with Crippen molar-refractivity contribution < 1.29 is 23.1 Å². The molecule has 3 rings (SSSR count). The van der Waals surface area contributed by atoms with Crippen LogP contribution in [0.15, 0.2) is 41.3 Å². The highest BCUT2D eigenvalue weighted by atomic mass is 32.2. The van der Waals surface area contributed by atoms with E-state index >= 15 is 0 Å². The van der Waals surface area contributed by atoms with Gasteiger partial charge in [0.2, 0.25) is 10.0 Å². The van der Waals surface area contributed by atoms with Crippen molar-refractivity contribution in [1.82, 2.24) is 0 Å². The lowest BCUT2D eigenvalue weighted by molar-refractivity contribution is 0.0696. The van der Waals surface area contributed by atoms with Crippen LogP contribution in [0.25, 0.3) is 0 Å². The minimum atomic E-state index is -4.22. The predicted octanol–water partition coefficient (Wildman–Crippen LogP) is 3.37. The number of carbonyl (C=O) groups is 1. The van der Waals surface area contributed by atoms with E-state index in [-0.39, 0.29) is 22.3 Å². The number of hydrogen-bond donors (Lipinski definition) is 2. The van der Waals surface area contributed by atoms with Gasteiger partial charge < -0.3 is 14.7 Å². The summed E-state index contributed by atoms with van der Waals surface area (Å²) in [6.07, 6.45) is 0.909. The van der Waals surface area contributed by atoms with Gasteiger partial charge in [-0.3, -0.25) is 0 Å². The fourth-order valence-corrected chi connectivity index (χ4v) is 4.29. The van der Waals surface area contributed by atoms with E-state index in [1.165, 1.54) is 6.07 Å². The number of benzene rings is 2. The average molecular weight is 404 g/mol. The van der Waals surface area contributed by atoms with Crippen molar-refractivity contribution in [3.63, 3.8) is 0 Å². The molecular formula is C20H24N2O5S. The van der Waals surface area contributed by atoms with Gasteiger partial charge in [-0.2, -0.15) is 0 Å². The summed E-state index contributed by atoms with van der Waals surface area (Å²) in [6, 6.07) is 9.76. The van der Waals surface area contributed by atoms with E-state index in [9.17, 15) is 18.3 Å². The Balaban J connectivity index is 2.23. The van der Waals surface area contributed by atoms with E-state index in [0.717, 1.165) is 18.1 Å². The quantitative estimate of drug-likeness (QED) is 0.791. The Hall–Kier alpha value is -2.58. The van der Waals surface area contributed by atoms with Crippen molar-refractivity contribution >= 4 is 21.7 Å². The van der Waals surface area contributed by atoms with Gasteiger partial charge in [-0.1, -0.05) is 24.6 Å². The third kappa shape index (κ3) is 4.13. The van der Waals surface area contributed by atoms with Gasteiger partial charge in [-0.15, -0.1) is 0 Å². The first kappa shape index (κ1) is 20.2. The smallest absolute Gasteiger partial charge is 0.335 e. The standard InChI is InChI=1S/C20H24N2O5S/c1-12-4-6-16(7-5-12)27-19-17(22-11-13(2)8-14(22)3)9-15(20(23)24)10-18(19)28(21,25)26/h4-7,9-10,13-14H,8,11H2,1-3H3,(H,23,24)(H2,21,25,26). The maximum Gasteiger partial charge on any atom is 0.335 e. The molecule has 0 aliphatic carbocycles. The van der Waals surface area contributed by atoms with E-state index in [2.05, 4.69) is 6.92 Å². The molecule has 0 saturated carbocycles. The van der Waals surface area contributed by atoms with Crippen LogP contribution < -0.4 is 14.8 Å². The molecule has 0 amide bonds. The van der Waals surface area contributed by atoms with E-state index in [1.807, 2.05) is 30.9 Å². The Labute approximate surface area is 164 Å². The number of anilines is 1. The second-order valence-electron chi connectivity index (χ2n) is 7.43. The Bertz CT molecular complexity index is 1000. The van der Waals surface area contributed by atoms with Gasteiger partial charge >= 0.3 is 5.97 Å². The zero-order valence-corrected chi connectivity index (χ0v) is 16.9. The van der Waals surface area contributed by atoms with Crippen LogP contribution in [-0.2, 0) is 10.0 Å². The number of sulfonamides is 1. The SMILES string of the molecule is Cc1ccc(Oc2c(N3CC(C)CC3C)cc(C(=O)O)cc2S(N)(=O)=O)cc1. The van der Waals surface area contributed by atoms with Gasteiger partial charge in [0.25, 0.3) is 0 Å². The summed E-state index contributed by atoms with van der Waals surface area (Å²) < 4.78 is 30.5. The highest BCUT2D eigenvalue weighted by Crippen LogP contribution is 2.42. The van der Waals surface area contributed by atoms with Gasteiger partial charge in [0, 0.05) is 12.6 Å².